The Balaban J connectivity index is 1.95. The van der Waals surface area contributed by atoms with Crippen molar-refractivity contribution in [3.63, 3.8) is 0 Å². The number of rotatable bonds is 5. The van der Waals surface area contributed by atoms with E-state index in [1.54, 1.807) is 11.3 Å². The largest absolute Gasteiger partial charge is 0.387 e. The van der Waals surface area contributed by atoms with Crippen LogP contribution in [0.25, 0.3) is 10.9 Å². The van der Waals surface area contributed by atoms with E-state index >= 15 is 0 Å². The van der Waals surface area contributed by atoms with Crippen LogP contribution in [0.2, 0.25) is 0 Å². The van der Waals surface area contributed by atoms with Crippen LogP contribution in [0, 0.1) is 0 Å². The lowest BCUT2D eigenvalue weighted by molar-refractivity contribution is 0.180. The Morgan fingerprint density at radius 1 is 1.24 bits per heavy atom. The van der Waals surface area contributed by atoms with Crippen molar-refractivity contribution in [3.05, 3.63) is 51.8 Å². The van der Waals surface area contributed by atoms with Crippen molar-refractivity contribution in [2.45, 2.75) is 39.3 Å². The van der Waals surface area contributed by atoms with Crippen molar-refractivity contribution < 1.29 is 5.11 Å². The van der Waals surface area contributed by atoms with Crippen molar-refractivity contribution in [3.8, 4) is 0 Å². The van der Waals surface area contributed by atoms with Crippen molar-refractivity contribution >= 4 is 22.2 Å². The van der Waals surface area contributed by atoms with Crippen LogP contribution in [-0.4, -0.2) is 14.9 Å². The maximum atomic E-state index is 10.6. The maximum Gasteiger partial charge on any atom is 0.0940 e. The lowest BCUT2D eigenvalue weighted by atomic mass is 10.1. The first-order valence-corrected chi connectivity index (χ1v) is 8.31. The minimum absolute atomic E-state index is 0.469. The third kappa shape index (κ3) is 2.61. The molecule has 110 valence electrons. The van der Waals surface area contributed by atoms with Gasteiger partial charge < -0.3 is 5.11 Å². The van der Waals surface area contributed by atoms with Gasteiger partial charge in [0.25, 0.3) is 0 Å². The second kappa shape index (κ2) is 6.00. The Kier molecular flexibility index (Phi) is 4.08. The highest BCUT2D eigenvalue weighted by Crippen LogP contribution is 2.29. The summed E-state index contributed by atoms with van der Waals surface area (Å²) >= 11 is 1.63. The van der Waals surface area contributed by atoms with Gasteiger partial charge in [-0.25, -0.2) is 0 Å². The molecule has 0 fully saturated rings. The van der Waals surface area contributed by atoms with E-state index in [0.29, 0.717) is 6.42 Å². The van der Waals surface area contributed by atoms with E-state index < -0.39 is 6.10 Å². The summed E-state index contributed by atoms with van der Waals surface area (Å²) in [6.07, 6.45) is 1.06. The van der Waals surface area contributed by atoms with Crippen molar-refractivity contribution in [1.29, 1.82) is 0 Å². The van der Waals surface area contributed by atoms with Crippen LogP contribution in [0.1, 0.15) is 36.1 Å². The van der Waals surface area contributed by atoms with Crippen LogP contribution in [0.4, 0.5) is 0 Å². The van der Waals surface area contributed by atoms with Crippen molar-refractivity contribution in [2.24, 2.45) is 0 Å². The molecular weight excluding hydrogens is 280 g/mol. The fourth-order valence-corrected chi connectivity index (χ4v) is 3.78. The number of benzene rings is 1. The smallest absolute Gasteiger partial charge is 0.0940 e. The fourth-order valence-electron chi connectivity index (χ4n) is 2.80. The molecule has 0 spiro atoms. The molecule has 0 radical (unpaired) electrons. The summed E-state index contributed by atoms with van der Waals surface area (Å²) in [7, 11) is 0. The highest BCUT2D eigenvalue weighted by atomic mass is 32.1. The van der Waals surface area contributed by atoms with E-state index in [0.717, 1.165) is 34.4 Å². The molecule has 0 aliphatic carbocycles. The number of aliphatic hydroxyl groups is 1. The van der Waals surface area contributed by atoms with Crippen molar-refractivity contribution in [2.75, 3.05) is 0 Å². The van der Waals surface area contributed by atoms with Crippen LogP contribution in [-0.2, 0) is 19.4 Å². The zero-order chi connectivity index (χ0) is 14.8. The highest BCUT2D eigenvalue weighted by molar-refractivity contribution is 7.10. The Hall–Kier alpha value is -1.65. The van der Waals surface area contributed by atoms with E-state index in [-0.39, 0.29) is 0 Å². The summed E-state index contributed by atoms with van der Waals surface area (Å²) in [6, 6.07) is 10.3. The van der Waals surface area contributed by atoms with Gasteiger partial charge in [0.2, 0.25) is 0 Å². The molecule has 0 saturated heterocycles. The number of fused-ring (bicyclic) bond motifs is 1. The van der Waals surface area contributed by atoms with Gasteiger partial charge in [0.15, 0.2) is 0 Å². The lowest BCUT2D eigenvalue weighted by Crippen LogP contribution is -2.04. The predicted octanol–water partition coefficient (Wildman–Crippen LogP) is 3.96. The molecular formula is C17H20N2OS. The lowest BCUT2D eigenvalue weighted by Gasteiger charge is -2.09. The molecule has 1 atom stereocenters. The minimum Gasteiger partial charge on any atom is -0.387 e. The third-order valence-corrected chi connectivity index (χ3v) is 4.95. The fraction of sp³-hybridized carbons (Fsp3) is 0.353. The standard InChI is InChI=1S/C17H20N2OS/c1-3-12-9-10-21-17(12)16(20)11-14-13-7-5-6-8-15(13)19(4-2)18-14/h5-10,16,20H,3-4,11H2,1-2H3. The van der Waals surface area contributed by atoms with Gasteiger partial charge in [0.1, 0.15) is 0 Å². The summed E-state index contributed by atoms with van der Waals surface area (Å²) in [6.45, 7) is 5.06. The molecule has 1 N–H and O–H groups in total. The first-order valence-electron chi connectivity index (χ1n) is 7.43. The molecule has 0 aliphatic rings. The number of aryl methyl sites for hydroxylation is 2. The number of hydrogen-bond acceptors (Lipinski definition) is 3. The summed E-state index contributed by atoms with van der Waals surface area (Å²) < 4.78 is 2.01. The number of hydrogen-bond donors (Lipinski definition) is 1. The third-order valence-electron chi connectivity index (χ3n) is 3.88. The number of para-hydroxylation sites is 1. The zero-order valence-electron chi connectivity index (χ0n) is 12.4. The van der Waals surface area contributed by atoms with Gasteiger partial charge in [-0.3, -0.25) is 4.68 Å². The molecule has 3 rings (SSSR count). The molecule has 0 aliphatic heterocycles. The average Bonchev–Trinajstić information content (AvgIpc) is 3.12. The van der Waals surface area contributed by atoms with E-state index in [9.17, 15) is 5.11 Å². The first-order chi connectivity index (χ1) is 10.2. The van der Waals surface area contributed by atoms with E-state index in [4.69, 9.17) is 0 Å². The normalized spacial score (nSPS) is 12.9. The number of aromatic nitrogens is 2. The maximum absolute atomic E-state index is 10.6. The molecule has 2 heterocycles. The van der Waals surface area contributed by atoms with Gasteiger partial charge in [-0.2, -0.15) is 5.10 Å². The molecule has 4 heteroatoms. The molecule has 0 bridgehead atoms. The van der Waals surface area contributed by atoms with Crippen LogP contribution in [0.3, 0.4) is 0 Å². The minimum atomic E-state index is -0.469. The molecule has 3 aromatic rings. The Bertz CT molecular complexity index is 744. The number of thiophene rings is 1. The SMILES string of the molecule is CCc1ccsc1C(O)Cc1nn(CC)c2ccccc12. The molecule has 2 aromatic heterocycles. The molecule has 21 heavy (non-hydrogen) atoms. The van der Waals surface area contributed by atoms with Crippen LogP contribution in [0.15, 0.2) is 35.7 Å². The molecule has 0 amide bonds. The number of nitrogens with zero attached hydrogens (tertiary/aromatic N) is 2. The van der Waals surface area contributed by atoms with Gasteiger partial charge in [-0.05, 0) is 36.4 Å². The Labute approximate surface area is 128 Å². The first kappa shape index (κ1) is 14.3. The molecule has 1 aromatic carbocycles. The van der Waals surface area contributed by atoms with E-state index in [1.165, 1.54) is 5.56 Å². The molecule has 0 saturated carbocycles. The van der Waals surface area contributed by atoms with Crippen molar-refractivity contribution in [1.82, 2.24) is 9.78 Å². The molecule has 1 unspecified atom stereocenters. The van der Waals surface area contributed by atoms with Gasteiger partial charge >= 0.3 is 0 Å². The Morgan fingerprint density at radius 2 is 2.05 bits per heavy atom. The van der Waals surface area contributed by atoms with Gasteiger partial charge in [0, 0.05) is 23.2 Å². The second-order valence-electron chi connectivity index (χ2n) is 5.16. The van der Waals surface area contributed by atoms with Crippen LogP contribution < -0.4 is 0 Å². The average molecular weight is 300 g/mol. The number of aliphatic hydroxyl groups excluding tert-OH is 1. The van der Waals surface area contributed by atoms with Gasteiger partial charge in [-0.1, -0.05) is 25.1 Å². The summed E-state index contributed by atoms with van der Waals surface area (Å²) in [5.41, 5.74) is 3.37. The molecule has 3 nitrogen and oxygen atoms in total. The monoisotopic (exact) mass is 300 g/mol. The zero-order valence-corrected chi connectivity index (χ0v) is 13.2. The van der Waals surface area contributed by atoms with Crippen LogP contribution in [0.5, 0.6) is 0 Å². The summed E-state index contributed by atoms with van der Waals surface area (Å²) in [5, 5.41) is 18.5. The van der Waals surface area contributed by atoms with Crippen LogP contribution >= 0.6 is 11.3 Å². The topological polar surface area (TPSA) is 38.1 Å². The second-order valence-corrected chi connectivity index (χ2v) is 6.11. The Morgan fingerprint density at radius 3 is 2.81 bits per heavy atom. The van der Waals surface area contributed by atoms with E-state index in [1.807, 2.05) is 16.8 Å². The summed E-state index contributed by atoms with van der Waals surface area (Å²) in [5.74, 6) is 0. The van der Waals surface area contributed by atoms with Gasteiger partial charge in [-0.15, -0.1) is 11.3 Å². The summed E-state index contributed by atoms with van der Waals surface area (Å²) in [4.78, 5) is 1.08. The van der Waals surface area contributed by atoms with E-state index in [2.05, 4.69) is 42.5 Å². The highest BCUT2D eigenvalue weighted by Gasteiger charge is 2.18. The van der Waals surface area contributed by atoms with Gasteiger partial charge in [0.05, 0.1) is 17.3 Å². The quantitative estimate of drug-likeness (QED) is 0.774. The predicted molar refractivity (Wildman–Crippen MR) is 87.8 cm³/mol.